The zero-order chi connectivity index (χ0) is 20.9. The number of carbonyl (C=O) groups excluding carboxylic acids is 1. The lowest BCUT2D eigenvalue weighted by molar-refractivity contribution is -0.274. The second kappa shape index (κ2) is 9.17. The molecule has 1 heterocycles. The van der Waals surface area contributed by atoms with Gasteiger partial charge >= 0.3 is 6.36 Å². The van der Waals surface area contributed by atoms with E-state index in [1.807, 2.05) is 6.92 Å². The molecular weight excluding hydrogens is 369 g/mol. The van der Waals surface area contributed by atoms with Gasteiger partial charge in [0.25, 0.3) is 5.91 Å². The first-order valence-corrected chi connectivity index (χ1v) is 9.57. The van der Waals surface area contributed by atoms with E-state index in [1.54, 1.807) is 6.07 Å². The summed E-state index contributed by atoms with van der Waals surface area (Å²) in [5.74, 6) is -0.900. The van der Waals surface area contributed by atoms with Gasteiger partial charge in [0.15, 0.2) is 0 Å². The van der Waals surface area contributed by atoms with Crippen molar-refractivity contribution in [3.05, 3.63) is 41.2 Å². The quantitative estimate of drug-likeness (QED) is 0.599. The third-order valence-electron chi connectivity index (χ3n) is 4.74. The van der Waals surface area contributed by atoms with Gasteiger partial charge in [0.1, 0.15) is 5.75 Å². The Hall–Kier alpha value is -2.44. The topological polar surface area (TPSA) is 57.2 Å². The highest BCUT2D eigenvalue weighted by Crippen LogP contribution is 2.36. The number of unbranched alkanes of at least 4 members (excludes halogenated alkanes) is 2. The second-order valence-corrected chi connectivity index (χ2v) is 6.83. The molecule has 0 saturated heterocycles. The van der Waals surface area contributed by atoms with Gasteiger partial charge in [-0.05, 0) is 43.9 Å². The van der Waals surface area contributed by atoms with Crippen LogP contribution in [-0.4, -0.2) is 16.8 Å². The van der Waals surface area contributed by atoms with E-state index in [0.29, 0.717) is 23.1 Å². The number of benzene rings is 1. The van der Waals surface area contributed by atoms with Gasteiger partial charge in [-0.3, -0.25) is 4.79 Å². The van der Waals surface area contributed by atoms with Crippen molar-refractivity contribution >= 4 is 5.91 Å². The molecule has 154 valence electrons. The van der Waals surface area contributed by atoms with Gasteiger partial charge in [0.2, 0.25) is 0 Å². The molecule has 0 saturated carbocycles. The van der Waals surface area contributed by atoms with Crippen LogP contribution in [0.4, 0.5) is 13.2 Å². The Labute approximate surface area is 163 Å². The van der Waals surface area contributed by atoms with Crippen LogP contribution in [0.15, 0.2) is 24.3 Å². The number of halogens is 3. The van der Waals surface area contributed by atoms with E-state index >= 15 is 0 Å². The molecule has 7 heteroatoms. The maximum Gasteiger partial charge on any atom is 0.573 e. The maximum absolute atomic E-state index is 12.6. The molecule has 0 unspecified atom stereocenters. The van der Waals surface area contributed by atoms with Gasteiger partial charge in [-0.25, -0.2) is 0 Å². The molecule has 0 aliphatic carbocycles. The van der Waals surface area contributed by atoms with Crippen molar-refractivity contribution in [2.24, 2.45) is 5.73 Å². The molecule has 1 amide bonds. The fourth-order valence-electron chi connectivity index (χ4n) is 3.48. The lowest BCUT2D eigenvalue weighted by Crippen LogP contribution is -2.17. The van der Waals surface area contributed by atoms with Crippen molar-refractivity contribution in [2.45, 2.75) is 65.8 Å². The number of alkyl halides is 3. The third-order valence-corrected chi connectivity index (χ3v) is 4.74. The fourth-order valence-corrected chi connectivity index (χ4v) is 3.48. The zero-order valence-corrected chi connectivity index (χ0v) is 16.5. The molecule has 28 heavy (non-hydrogen) atoms. The summed E-state index contributed by atoms with van der Waals surface area (Å²) in [6, 6.07) is 5.73. The number of hydrogen-bond donors (Lipinski definition) is 1. The highest BCUT2D eigenvalue weighted by atomic mass is 19.4. The summed E-state index contributed by atoms with van der Waals surface area (Å²) in [5.41, 5.74) is 8.84. The van der Waals surface area contributed by atoms with Gasteiger partial charge in [-0.15, -0.1) is 13.2 Å². The predicted octanol–water partition coefficient (Wildman–Crippen LogP) is 5.60. The number of nitrogens with two attached hydrogens (primary N) is 1. The molecule has 0 bridgehead atoms. The van der Waals surface area contributed by atoms with Crippen LogP contribution in [0.3, 0.4) is 0 Å². The summed E-state index contributed by atoms with van der Waals surface area (Å²) < 4.78 is 44.1. The van der Waals surface area contributed by atoms with Crippen LogP contribution in [0.25, 0.3) is 11.1 Å². The highest BCUT2D eigenvalue weighted by molar-refractivity contribution is 6.02. The first-order valence-electron chi connectivity index (χ1n) is 9.57. The number of rotatable bonds is 9. The molecule has 2 N–H and O–H groups in total. The average Bonchev–Trinajstić information content (AvgIpc) is 2.88. The van der Waals surface area contributed by atoms with E-state index in [2.05, 4.69) is 23.2 Å². The van der Waals surface area contributed by atoms with Crippen LogP contribution in [0, 0.1) is 6.92 Å². The standard InChI is InChI=1S/C21H27F3N2O2/c1-4-6-11-17-19(15-9-8-10-16(13-15)28-21(22,23)24)18(20(25)27)14(3)26(17)12-7-5-2/h8-10,13H,4-7,11-12H2,1-3H3,(H2,25,27). The number of nitrogens with zero attached hydrogens (tertiary/aromatic N) is 1. The highest BCUT2D eigenvalue weighted by Gasteiger charge is 2.31. The monoisotopic (exact) mass is 396 g/mol. The molecule has 2 aromatic rings. The fraction of sp³-hybridized carbons (Fsp3) is 0.476. The maximum atomic E-state index is 12.6. The molecule has 0 aliphatic heterocycles. The molecule has 0 aliphatic rings. The van der Waals surface area contributed by atoms with E-state index < -0.39 is 12.3 Å². The van der Waals surface area contributed by atoms with Crippen LogP contribution >= 0.6 is 0 Å². The summed E-state index contributed by atoms with van der Waals surface area (Å²) in [6.07, 6.45) is -0.280. The predicted molar refractivity (Wildman–Crippen MR) is 103 cm³/mol. The normalized spacial score (nSPS) is 11.6. The van der Waals surface area contributed by atoms with E-state index in [9.17, 15) is 18.0 Å². The van der Waals surface area contributed by atoms with E-state index in [1.165, 1.54) is 18.2 Å². The molecule has 0 spiro atoms. The van der Waals surface area contributed by atoms with Crippen LogP contribution in [0.2, 0.25) is 0 Å². The lowest BCUT2D eigenvalue weighted by Gasteiger charge is -2.14. The summed E-state index contributed by atoms with van der Waals surface area (Å²) in [7, 11) is 0. The van der Waals surface area contributed by atoms with Crippen molar-refractivity contribution < 1.29 is 22.7 Å². The van der Waals surface area contributed by atoms with Gasteiger partial charge in [-0.1, -0.05) is 38.8 Å². The third kappa shape index (κ3) is 5.09. The number of amides is 1. The molecular formula is C21H27F3N2O2. The minimum atomic E-state index is -4.78. The number of carbonyl (C=O) groups is 1. The first-order chi connectivity index (χ1) is 13.2. The summed E-state index contributed by atoms with van der Waals surface area (Å²) >= 11 is 0. The Morgan fingerprint density at radius 3 is 2.43 bits per heavy atom. The first kappa shape index (κ1) is 21.9. The molecule has 0 atom stereocenters. The molecule has 0 radical (unpaired) electrons. The largest absolute Gasteiger partial charge is 0.573 e. The van der Waals surface area contributed by atoms with Crippen molar-refractivity contribution in [3.63, 3.8) is 0 Å². The van der Waals surface area contributed by atoms with E-state index in [-0.39, 0.29) is 5.75 Å². The summed E-state index contributed by atoms with van der Waals surface area (Å²) in [4.78, 5) is 12.2. The summed E-state index contributed by atoms with van der Waals surface area (Å²) in [5, 5.41) is 0. The van der Waals surface area contributed by atoms with Crippen LogP contribution in [0.5, 0.6) is 5.75 Å². The average molecular weight is 396 g/mol. The smallest absolute Gasteiger partial charge is 0.406 e. The van der Waals surface area contributed by atoms with Crippen LogP contribution in [0.1, 0.15) is 61.3 Å². The van der Waals surface area contributed by atoms with Crippen molar-refractivity contribution in [1.82, 2.24) is 4.57 Å². The van der Waals surface area contributed by atoms with Crippen LogP contribution < -0.4 is 10.5 Å². The Bertz CT molecular complexity index is 826. The van der Waals surface area contributed by atoms with Gasteiger partial charge in [-0.2, -0.15) is 0 Å². The van der Waals surface area contributed by atoms with Crippen LogP contribution in [-0.2, 0) is 13.0 Å². The number of hydrogen-bond acceptors (Lipinski definition) is 2. The second-order valence-electron chi connectivity index (χ2n) is 6.83. The van der Waals surface area contributed by atoms with E-state index in [0.717, 1.165) is 43.6 Å². The minimum absolute atomic E-state index is 0.319. The Balaban J connectivity index is 2.66. The summed E-state index contributed by atoms with van der Waals surface area (Å²) in [6.45, 7) is 6.72. The lowest BCUT2D eigenvalue weighted by atomic mass is 9.97. The SMILES string of the molecule is CCCCc1c(-c2cccc(OC(F)(F)F)c2)c(C(N)=O)c(C)n1CCCC. The minimum Gasteiger partial charge on any atom is -0.406 e. The molecule has 0 fully saturated rings. The van der Waals surface area contributed by atoms with Crippen molar-refractivity contribution in [1.29, 1.82) is 0 Å². The number of primary amides is 1. The van der Waals surface area contributed by atoms with Crippen molar-refractivity contribution in [2.75, 3.05) is 0 Å². The molecule has 2 rings (SSSR count). The van der Waals surface area contributed by atoms with E-state index in [4.69, 9.17) is 5.73 Å². The van der Waals surface area contributed by atoms with Gasteiger partial charge in [0, 0.05) is 23.5 Å². The Morgan fingerprint density at radius 1 is 1.18 bits per heavy atom. The van der Waals surface area contributed by atoms with Gasteiger partial charge in [0.05, 0.1) is 5.56 Å². The number of aromatic nitrogens is 1. The molecule has 4 nitrogen and oxygen atoms in total. The van der Waals surface area contributed by atoms with Gasteiger partial charge < -0.3 is 15.0 Å². The Kier molecular flexibility index (Phi) is 7.16. The molecule has 1 aromatic heterocycles. The van der Waals surface area contributed by atoms with Crippen molar-refractivity contribution in [3.8, 4) is 16.9 Å². The number of ether oxygens (including phenoxy) is 1. The Morgan fingerprint density at radius 2 is 1.86 bits per heavy atom. The zero-order valence-electron chi connectivity index (χ0n) is 16.5. The molecule has 1 aromatic carbocycles.